The highest BCUT2D eigenvalue weighted by molar-refractivity contribution is 6.06. The van der Waals surface area contributed by atoms with E-state index in [1.165, 1.54) is 10.5 Å². The van der Waals surface area contributed by atoms with Crippen LogP contribution in [-0.4, -0.2) is 123 Å². The van der Waals surface area contributed by atoms with Gasteiger partial charge in [0.15, 0.2) is 0 Å². The molecule has 4 amide bonds. The number of aromatic nitrogens is 3. The van der Waals surface area contributed by atoms with Gasteiger partial charge < -0.3 is 24.4 Å². The predicted octanol–water partition coefficient (Wildman–Crippen LogP) is 4.55. The van der Waals surface area contributed by atoms with Gasteiger partial charge in [0.25, 0.3) is 12.3 Å². The van der Waals surface area contributed by atoms with Crippen molar-refractivity contribution in [1.29, 1.82) is 0 Å². The predicted molar refractivity (Wildman–Crippen MR) is 221 cm³/mol. The maximum Gasteiger partial charge on any atom is 0.255 e. The summed E-state index contributed by atoms with van der Waals surface area (Å²) in [6, 6.07) is 8.83. The van der Waals surface area contributed by atoms with Crippen molar-refractivity contribution in [3.63, 3.8) is 0 Å². The largest absolute Gasteiger partial charge is 0.496 e. The second kappa shape index (κ2) is 15.5. The lowest BCUT2D eigenvalue weighted by Gasteiger charge is -2.47. The van der Waals surface area contributed by atoms with Crippen LogP contribution in [0, 0.1) is 5.41 Å². The van der Waals surface area contributed by atoms with Crippen LogP contribution >= 0.6 is 0 Å². The number of alkyl halides is 2. The number of aromatic amines is 1. The van der Waals surface area contributed by atoms with Crippen molar-refractivity contribution in [3.05, 3.63) is 81.8 Å². The summed E-state index contributed by atoms with van der Waals surface area (Å²) in [4.78, 5) is 74.4. The number of likely N-dealkylation sites (tertiary alicyclic amines) is 1. The first-order chi connectivity index (χ1) is 29.5. The molecule has 3 saturated heterocycles. The number of rotatable bonds is 8. The molecule has 1 spiro atoms. The Morgan fingerprint density at radius 2 is 1.70 bits per heavy atom. The Morgan fingerprint density at radius 1 is 0.967 bits per heavy atom. The monoisotopic (exact) mass is 835 g/mol. The van der Waals surface area contributed by atoms with E-state index in [0.717, 1.165) is 77.6 Å². The summed E-state index contributed by atoms with van der Waals surface area (Å²) in [7, 11) is 1.59. The van der Waals surface area contributed by atoms with Crippen molar-refractivity contribution in [1.82, 2.24) is 39.9 Å². The highest BCUT2D eigenvalue weighted by Crippen LogP contribution is 2.45. The molecule has 6 aliphatic heterocycles. The molecule has 0 saturated carbocycles. The lowest BCUT2D eigenvalue weighted by atomic mass is 9.71. The highest BCUT2D eigenvalue weighted by Gasteiger charge is 2.44. The third-order valence-electron chi connectivity index (χ3n) is 14.4. The zero-order valence-corrected chi connectivity index (χ0v) is 34.6. The van der Waals surface area contributed by atoms with Crippen LogP contribution in [0.15, 0.2) is 42.7 Å². The Bertz CT molecular complexity index is 2400. The Morgan fingerprint density at radius 3 is 2.43 bits per heavy atom. The number of halogens is 2. The van der Waals surface area contributed by atoms with Crippen LogP contribution < -0.4 is 15.0 Å². The zero-order chi connectivity index (χ0) is 42.2. The maximum absolute atomic E-state index is 13.9. The van der Waals surface area contributed by atoms with Crippen molar-refractivity contribution in [3.8, 4) is 5.75 Å². The number of amides is 4. The SMILES string of the molecule is COc1c2c(cc3c1CN(C1CCC(=O)NC1=O)C3=O)CN(CC(=O)N1CCC3(CC1)CCN(c1ncc([C@@H]4c5[nH]c6ccccc6c5C[C@@H](C)N4CC(F)F)cn1)CC3)C2. The number of carbonyl (C=O) groups excluding carboxylic acids is 4. The van der Waals surface area contributed by atoms with Gasteiger partial charge in [0, 0.05) is 103 Å². The van der Waals surface area contributed by atoms with Crippen LogP contribution in [0.4, 0.5) is 14.7 Å². The topological polar surface area (TPSA) is 147 Å². The molecule has 10 rings (SSSR count). The fourth-order valence-electron chi connectivity index (χ4n) is 11.1. The van der Waals surface area contributed by atoms with Crippen LogP contribution in [0.2, 0.25) is 0 Å². The number of hydrogen-bond donors (Lipinski definition) is 2. The number of fused-ring (bicyclic) bond motifs is 5. The van der Waals surface area contributed by atoms with Gasteiger partial charge in [-0.3, -0.25) is 34.3 Å². The zero-order valence-electron chi connectivity index (χ0n) is 34.6. The van der Waals surface area contributed by atoms with Gasteiger partial charge in [-0.25, -0.2) is 18.7 Å². The van der Waals surface area contributed by atoms with E-state index in [1.807, 2.05) is 53.4 Å². The molecule has 61 heavy (non-hydrogen) atoms. The molecule has 3 atom stereocenters. The molecule has 2 N–H and O–H groups in total. The number of ether oxygens (including phenoxy) is 1. The van der Waals surface area contributed by atoms with Crippen molar-refractivity contribution in [2.24, 2.45) is 5.41 Å². The minimum Gasteiger partial charge on any atom is -0.496 e. The molecule has 320 valence electrons. The number of nitrogens with zero attached hydrogens (tertiary/aromatic N) is 7. The number of benzene rings is 2. The molecule has 0 bridgehead atoms. The van der Waals surface area contributed by atoms with Gasteiger partial charge in [0.05, 0.1) is 32.8 Å². The maximum atomic E-state index is 13.9. The van der Waals surface area contributed by atoms with Gasteiger partial charge in [0.2, 0.25) is 23.7 Å². The van der Waals surface area contributed by atoms with E-state index in [-0.39, 0.29) is 55.2 Å². The Balaban J connectivity index is 0.743. The number of carbonyl (C=O) groups is 4. The Labute approximate surface area is 352 Å². The van der Waals surface area contributed by atoms with Crippen LogP contribution in [0.25, 0.3) is 10.9 Å². The lowest BCUT2D eigenvalue weighted by Crippen LogP contribution is -2.52. The molecule has 1 unspecified atom stereocenters. The molecule has 14 nitrogen and oxygen atoms in total. The molecule has 0 aliphatic carbocycles. The van der Waals surface area contributed by atoms with E-state index in [1.54, 1.807) is 7.11 Å². The second-order valence-corrected chi connectivity index (χ2v) is 17.9. The van der Waals surface area contributed by atoms with Crippen molar-refractivity contribution in [2.75, 3.05) is 51.3 Å². The number of anilines is 1. The van der Waals surface area contributed by atoms with E-state index in [9.17, 15) is 28.0 Å². The van der Waals surface area contributed by atoms with Crippen LogP contribution in [0.1, 0.15) is 95.4 Å². The molecular formula is C45H51F2N9O5. The van der Waals surface area contributed by atoms with Crippen LogP contribution in [0.3, 0.4) is 0 Å². The normalized spacial score (nSPS) is 24.1. The fourth-order valence-corrected chi connectivity index (χ4v) is 11.1. The number of methoxy groups -OCH3 is 1. The molecule has 6 aliphatic rings. The van der Waals surface area contributed by atoms with Crippen LogP contribution in [0.5, 0.6) is 5.75 Å². The van der Waals surface area contributed by atoms with Gasteiger partial charge in [-0.05, 0) is 74.1 Å². The standard InChI is InChI=1S/C45H51F2N9O5/c1-26-17-30-29-5-3-4-6-34(29)50-39(30)40(55(26)24-36(46)47)28-19-48-44(49-20-28)54-15-11-45(12-16-54)9-13-53(14-10-45)38(58)25-52-21-27-18-31-33(41(61-2)32(27)22-52)23-56(43(31)60)35-7-8-37(57)51-42(35)59/h3-6,18-20,26,35-36,40,50H,7-17,21-25H2,1-2H3,(H,51,57,59)/t26-,35?,40-/m1/s1. The van der Waals surface area contributed by atoms with Crippen molar-refractivity contribution in [2.45, 2.75) is 96.1 Å². The third-order valence-corrected chi connectivity index (χ3v) is 14.4. The average molecular weight is 836 g/mol. The fraction of sp³-hybridized carbons (Fsp3) is 0.511. The van der Waals surface area contributed by atoms with E-state index < -0.39 is 24.4 Å². The summed E-state index contributed by atoms with van der Waals surface area (Å²) >= 11 is 0. The second-order valence-electron chi connectivity index (χ2n) is 17.9. The number of H-pyrrole nitrogens is 1. The minimum atomic E-state index is -2.46. The highest BCUT2D eigenvalue weighted by atomic mass is 19.3. The lowest BCUT2D eigenvalue weighted by molar-refractivity contribution is -0.137. The summed E-state index contributed by atoms with van der Waals surface area (Å²) in [5.74, 6) is 0.375. The molecule has 8 heterocycles. The van der Waals surface area contributed by atoms with E-state index in [0.29, 0.717) is 56.3 Å². The molecule has 4 aromatic rings. The molecule has 2 aromatic carbocycles. The molecular weight excluding hydrogens is 785 g/mol. The van der Waals surface area contributed by atoms with Gasteiger partial charge in [-0.2, -0.15) is 0 Å². The molecule has 0 radical (unpaired) electrons. The summed E-state index contributed by atoms with van der Waals surface area (Å²) in [5.41, 5.74) is 7.24. The molecule has 16 heteroatoms. The Hall–Kier alpha value is -5.48. The first-order valence-electron chi connectivity index (χ1n) is 21.6. The smallest absolute Gasteiger partial charge is 0.255 e. The Kier molecular flexibility index (Phi) is 10.0. The molecule has 3 fully saturated rings. The average Bonchev–Trinajstić information content (AvgIpc) is 3.93. The van der Waals surface area contributed by atoms with Crippen LogP contribution in [-0.2, 0) is 40.4 Å². The number of para-hydroxylation sites is 1. The quantitative estimate of drug-likeness (QED) is 0.243. The van der Waals surface area contributed by atoms with Gasteiger partial charge in [-0.1, -0.05) is 18.2 Å². The number of nitrogens with one attached hydrogen (secondary N) is 2. The van der Waals surface area contributed by atoms with Crippen molar-refractivity contribution >= 4 is 40.5 Å². The van der Waals surface area contributed by atoms with Crippen molar-refractivity contribution < 1.29 is 32.7 Å². The van der Waals surface area contributed by atoms with Gasteiger partial charge in [0.1, 0.15) is 11.8 Å². The van der Waals surface area contributed by atoms with Gasteiger partial charge in [-0.15, -0.1) is 0 Å². The number of piperidine rings is 3. The summed E-state index contributed by atoms with van der Waals surface area (Å²) in [5, 5.41) is 3.49. The number of hydrogen-bond acceptors (Lipinski definition) is 10. The number of imide groups is 1. The van der Waals surface area contributed by atoms with Gasteiger partial charge >= 0.3 is 0 Å². The third kappa shape index (κ3) is 7.01. The minimum absolute atomic E-state index is 0.0796. The van der Waals surface area contributed by atoms with E-state index in [4.69, 9.17) is 14.7 Å². The van der Waals surface area contributed by atoms with E-state index in [2.05, 4.69) is 26.2 Å². The summed E-state index contributed by atoms with van der Waals surface area (Å²) in [6.07, 6.45) is 6.17. The first kappa shape index (κ1) is 39.6. The summed E-state index contributed by atoms with van der Waals surface area (Å²) < 4.78 is 33.7. The first-order valence-corrected chi connectivity index (χ1v) is 21.6. The van der Waals surface area contributed by atoms with E-state index >= 15 is 0 Å². The summed E-state index contributed by atoms with van der Waals surface area (Å²) in [6.45, 7) is 6.27. The molecule has 2 aromatic heterocycles.